The summed E-state index contributed by atoms with van der Waals surface area (Å²) in [5.41, 5.74) is 0. The van der Waals surface area contributed by atoms with Crippen LogP contribution >= 0.6 is 11.8 Å². The van der Waals surface area contributed by atoms with E-state index in [2.05, 4.69) is 13.2 Å². The lowest BCUT2D eigenvalue weighted by Gasteiger charge is -1.80. The van der Waals surface area contributed by atoms with E-state index >= 15 is 0 Å². The van der Waals surface area contributed by atoms with E-state index in [1.807, 2.05) is 25.6 Å². The van der Waals surface area contributed by atoms with Crippen molar-refractivity contribution in [1.82, 2.24) is 0 Å². The van der Waals surface area contributed by atoms with Crippen LogP contribution < -0.4 is 0 Å². The number of thioether (sulfide) groups is 1. The number of hydrogen-bond acceptors (Lipinski definition) is 1. The predicted molar refractivity (Wildman–Crippen MR) is 40.0 cm³/mol. The van der Waals surface area contributed by atoms with Crippen molar-refractivity contribution in [2.45, 2.75) is 27.2 Å². The van der Waals surface area contributed by atoms with Crippen LogP contribution in [0.5, 0.6) is 0 Å². The lowest BCUT2D eigenvalue weighted by Crippen LogP contribution is -1.64. The molecule has 0 spiro atoms. The maximum atomic E-state index is 2.19. The highest BCUT2D eigenvalue weighted by Gasteiger charge is 1.67. The monoisotopic (exact) mass is 120 g/mol. The third-order valence-corrected chi connectivity index (χ3v) is 1.22. The van der Waals surface area contributed by atoms with Crippen LogP contribution in [-0.2, 0) is 0 Å². The van der Waals surface area contributed by atoms with Crippen molar-refractivity contribution in [1.29, 1.82) is 0 Å². The first-order valence-corrected chi connectivity index (χ1v) is 4.30. The molecule has 0 unspecified atom stereocenters. The van der Waals surface area contributed by atoms with E-state index in [0.717, 1.165) is 0 Å². The Kier molecular flexibility index (Phi) is 24.0. The molecule has 0 N–H and O–H groups in total. The van der Waals surface area contributed by atoms with Gasteiger partial charge in [-0.1, -0.05) is 20.8 Å². The van der Waals surface area contributed by atoms with Crippen molar-refractivity contribution in [3.63, 3.8) is 0 Å². The van der Waals surface area contributed by atoms with Gasteiger partial charge in [0.2, 0.25) is 0 Å². The molecule has 0 aromatic carbocycles. The summed E-state index contributed by atoms with van der Waals surface area (Å²) in [6.45, 7) is 6.19. The summed E-state index contributed by atoms with van der Waals surface area (Å²) in [6.07, 6.45) is 3.44. The first-order chi connectivity index (χ1) is 3.41. The summed E-state index contributed by atoms with van der Waals surface area (Å²) in [5, 5.41) is 0. The van der Waals surface area contributed by atoms with Gasteiger partial charge in [0.25, 0.3) is 0 Å². The lowest BCUT2D eigenvalue weighted by atomic mass is 10.6. The first kappa shape index (κ1) is 10.4. The van der Waals surface area contributed by atoms with Crippen LogP contribution in [0.25, 0.3) is 0 Å². The molecule has 0 fully saturated rings. The molecule has 0 heterocycles. The molecule has 46 valence electrons. The third-order valence-electron chi connectivity index (χ3n) is 0.408. The van der Waals surface area contributed by atoms with E-state index in [1.165, 1.54) is 12.2 Å². The Morgan fingerprint density at radius 2 is 1.71 bits per heavy atom. The number of rotatable bonds is 2. The third kappa shape index (κ3) is 21.8. The summed E-state index contributed by atoms with van der Waals surface area (Å²) < 4.78 is 0. The maximum absolute atomic E-state index is 2.19. The Morgan fingerprint density at radius 1 is 1.29 bits per heavy atom. The summed E-state index contributed by atoms with van der Waals surface area (Å²) >= 11 is 1.90. The van der Waals surface area contributed by atoms with Crippen molar-refractivity contribution in [2.75, 3.05) is 12.0 Å². The van der Waals surface area contributed by atoms with Gasteiger partial charge in [-0.15, -0.1) is 0 Å². The quantitative estimate of drug-likeness (QED) is 0.540. The van der Waals surface area contributed by atoms with Crippen molar-refractivity contribution in [3.05, 3.63) is 0 Å². The van der Waals surface area contributed by atoms with E-state index in [4.69, 9.17) is 0 Å². The normalized spacial score (nSPS) is 6.86. The molecule has 7 heavy (non-hydrogen) atoms. The molecule has 0 rings (SSSR count). The first-order valence-electron chi connectivity index (χ1n) is 2.90. The largest absolute Gasteiger partial charge is 0.165 e. The van der Waals surface area contributed by atoms with Crippen molar-refractivity contribution < 1.29 is 0 Å². The van der Waals surface area contributed by atoms with Gasteiger partial charge in [-0.2, -0.15) is 11.8 Å². The molecule has 0 saturated carbocycles. The van der Waals surface area contributed by atoms with E-state index in [-0.39, 0.29) is 0 Å². The molecule has 0 aromatic rings. The van der Waals surface area contributed by atoms with Gasteiger partial charge < -0.3 is 0 Å². The lowest BCUT2D eigenvalue weighted by molar-refractivity contribution is 1.11. The average Bonchev–Trinajstić information content (AvgIpc) is 1.75. The zero-order valence-corrected chi connectivity index (χ0v) is 6.64. The molecule has 1 heteroatoms. The molecule has 0 saturated heterocycles. The summed E-state index contributed by atoms with van der Waals surface area (Å²) in [5.74, 6) is 1.31. The summed E-state index contributed by atoms with van der Waals surface area (Å²) in [6, 6.07) is 0. The van der Waals surface area contributed by atoms with Gasteiger partial charge in [-0.25, -0.2) is 0 Å². The molecular formula is C6H16S. The van der Waals surface area contributed by atoms with Gasteiger partial charge >= 0.3 is 0 Å². The molecule has 0 aromatic heterocycles. The van der Waals surface area contributed by atoms with Gasteiger partial charge in [0.15, 0.2) is 0 Å². The summed E-state index contributed by atoms with van der Waals surface area (Å²) in [4.78, 5) is 0. The van der Waals surface area contributed by atoms with Crippen molar-refractivity contribution in [3.8, 4) is 0 Å². The molecule has 0 atom stereocenters. The Bertz CT molecular complexity index is 11.7. The minimum Gasteiger partial charge on any atom is -0.165 e. The molecule has 0 radical (unpaired) electrons. The van der Waals surface area contributed by atoms with Gasteiger partial charge in [0.1, 0.15) is 0 Å². The zero-order valence-electron chi connectivity index (χ0n) is 5.82. The molecular weight excluding hydrogens is 104 g/mol. The van der Waals surface area contributed by atoms with Crippen LogP contribution in [0.2, 0.25) is 0 Å². The van der Waals surface area contributed by atoms with Crippen LogP contribution in [0.15, 0.2) is 0 Å². The highest BCUT2D eigenvalue weighted by Crippen LogP contribution is 1.91. The van der Waals surface area contributed by atoms with Crippen LogP contribution in [0.3, 0.4) is 0 Å². The van der Waals surface area contributed by atoms with E-state index in [1.54, 1.807) is 0 Å². The minimum atomic E-state index is 1.31. The molecule has 0 amide bonds. The summed E-state index contributed by atoms with van der Waals surface area (Å²) in [7, 11) is 0. The second-order valence-corrected chi connectivity index (χ2v) is 1.98. The van der Waals surface area contributed by atoms with E-state index in [9.17, 15) is 0 Å². The SMILES string of the molecule is CC.CCCSC. The fraction of sp³-hybridized carbons (Fsp3) is 1.00. The van der Waals surface area contributed by atoms with Crippen LogP contribution in [0.1, 0.15) is 27.2 Å². The molecule has 0 aliphatic carbocycles. The highest BCUT2D eigenvalue weighted by atomic mass is 32.2. The van der Waals surface area contributed by atoms with E-state index in [0.29, 0.717) is 0 Å². The van der Waals surface area contributed by atoms with Crippen LogP contribution in [0.4, 0.5) is 0 Å². The predicted octanol–water partition coefficient (Wildman–Crippen LogP) is 2.79. The Balaban J connectivity index is 0. The molecule has 0 bridgehead atoms. The maximum Gasteiger partial charge on any atom is -0.00729 e. The fourth-order valence-electron chi connectivity index (χ4n) is 0.204. The van der Waals surface area contributed by atoms with Gasteiger partial charge in [0, 0.05) is 0 Å². The number of hydrogen-bond donors (Lipinski definition) is 0. The molecule has 0 aliphatic heterocycles. The Labute approximate surface area is 51.7 Å². The van der Waals surface area contributed by atoms with E-state index < -0.39 is 0 Å². The van der Waals surface area contributed by atoms with Crippen molar-refractivity contribution in [2.24, 2.45) is 0 Å². The fourth-order valence-corrected chi connectivity index (χ4v) is 0.612. The molecule has 0 nitrogen and oxygen atoms in total. The minimum absolute atomic E-state index is 1.31. The molecule has 0 aliphatic rings. The zero-order chi connectivity index (χ0) is 6.12. The van der Waals surface area contributed by atoms with Crippen molar-refractivity contribution >= 4 is 11.8 Å². The van der Waals surface area contributed by atoms with Gasteiger partial charge in [-0.3, -0.25) is 0 Å². The second-order valence-electron chi connectivity index (χ2n) is 0.993. The highest BCUT2D eigenvalue weighted by molar-refractivity contribution is 7.98. The standard InChI is InChI=1S/C4H10S.C2H6/c1-3-4-5-2;1-2/h3-4H2,1-2H3;1-2H3. The van der Waals surface area contributed by atoms with Gasteiger partial charge in [-0.05, 0) is 18.4 Å². The average molecular weight is 120 g/mol. The second kappa shape index (κ2) is 16.2. The topological polar surface area (TPSA) is 0 Å². The Morgan fingerprint density at radius 3 is 1.71 bits per heavy atom. The van der Waals surface area contributed by atoms with Crippen LogP contribution in [0, 0.1) is 0 Å². The Hall–Kier alpha value is 0.350. The van der Waals surface area contributed by atoms with Crippen LogP contribution in [-0.4, -0.2) is 12.0 Å². The van der Waals surface area contributed by atoms with Gasteiger partial charge in [0.05, 0.1) is 0 Å². The smallest absolute Gasteiger partial charge is 0.00729 e.